The number of guanidine groups is 1. The van der Waals surface area contributed by atoms with E-state index in [-0.39, 0.29) is 11.8 Å². The minimum absolute atomic E-state index is 0.248. The number of rotatable bonds is 2. The highest BCUT2D eigenvalue weighted by Gasteiger charge is 2.48. The Bertz CT molecular complexity index is 216. The Kier molecular flexibility index (Phi) is 1.72. The van der Waals surface area contributed by atoms with Crippen molar-refractivity contribution in [3.05, 3.63) is 0 Å². The number of ether oxygens (including phenoxy) is 1. The van der Waals surface area contributed by atoms with Crippen LogP contribution in [0.1, 0.15) is 26.2 Å². The van der Waals surface area contributed by atoms with Crippen LogP contribution in [0.2, 0.25) is 0 Å². The second kappa shape index (κ2) is 2.62. The monoisotopic (exact) mass is 169 g/mol. The van der Waals surface area contributed by atoms with Gasteiger partial charge in [0.2, 0.25) is 0 Å². The van der Waals surface area contributed by atoms with E-state index in [1.807, 2.05) is 6.92 Å². The number of hydrogen-bond acceptors (Lipinski definition) is 4. The molecule has 0 amide bonds. The van der Waals surface area contributed by atoms with Gasteiger partial charge in [-0.05, 0) is 26.2 Å². The maximum Gasteiger partial charge on any atom is 0.191 e. The van der Waals surface area contributed by atoms with Crippen LogP contribution in [0.15, 0.2) is 4.99 Å². The van der Waals surface area contributed by atoms with Gasteiger partial charge in [0.05, 0.1) is 0 Å². The van der Waals surface area contributed by atoms with E-state index in [0.717, 1.165) is 12.8 Å². The third-order valence-corrected chi connectivity index (χ3v) is 2.60. The molecule has 3 N–H and O–H groups in total. The summed E-state index contributed by atoms with van der Waals surface area (Å²) in [5.74, 6) is 0.535. The van der Waals surface area contributed by atoms with Crippen molar-refractivity contribution in [3.8, 4) is 0 Å². The van der Waals surface area contributed by atoms with E-state index >= 15 is 0 Å². The summed E-state index contributed by atoms with van der Waals surface area (Å²) in [6.07, 6.45) is 3.29. The molecule has 1 aliphatic carbocycles. The molecule has 68 valence electrons. The normalized spacial score (nSPS) is 39.1. The van der Waals surface area contributed by atoms with Crippen molar-refractivity contribution < 1.29 is 4.74 Å². The first kappa shape index (κ1) is 7.86. The van der Waals surface area contributed by atoms with Crippen LogP contribution in [-0.2, 0) is 4.74 Å². The minimum Gasteiger partial charge on any atom is -0.370 e. The van der Waals surface area contributed by atoms with Crippen molar-refractivity contribution in [2.24, 2.45) is 10.7 Å². The number of nitrogens with two attached hydrogens (primary N) is 1. The first-order valence-corrected chi connectivity index (χ1v) is 4.52. The Labute approximate surface area is 72.2 Å². The van der Waals surface area contributed by atoms with Crippen molar-refractivity contribution in [1.29, 1.82) is 0 Å². The van der Waals surface area contributed by atoms with Crippen molar-refractivity contribution in [2.75, 3.05) is 6.61 Å². The lowest BCUT2D eigenvalue weighted by molar-refractivity contribution is -0.0487. The van der Waals surface area contributed by atoms with Crippen molar-refractivity contribution in [3.63, 3.8) is 0 Å². The second-order valence-electron chi connectivity index (χ2n) is 3.37. The van der Waals surface area contributed by atoms with Gasteiger partial charge in [0.15, 0.2) is 11.7 Å². The smallest absolute Gasteiger partial charge is 0.191 e. The average molecular weight is 169 g/mol. The minimum atomic E-state index is -0.251. The molecule has 0 aromatic heterocycles. The summed E-state index contributed by atoms with van der Waals surface area (Å²) >= 11 is 0. The van der Waals surface area contributed by atoms with Crippen LogP contribution in [0.5, 0.6) is 0 Å². The van der Waals surface area contributed by atoms with Crippen LogP contribution in [0, 0.1) is 0 Å². The van der Waals surface area contributed by atoms with Gasteiger partial charge in [-0.15, -0.1) is 0 Å². The SMILES string of the molecule is CCO[C@]12CCC[C@H]1N=C(N)N2. The fraction of sp³-hybridized carbons (Fsp3) is 0.875. The van der Waals surface area contributed by atoms with Gasteiger partial charge < -0.3 is 15.8 Å². The lowest BCUT2D eigenvalue weighted by Crippen LogP contribution is -2.51. The number of hydrogen-bond donors (Lipinski definition) is 2. The predicted molar refractivity (Wildman–Crippen MR) is 46.8 cm³/mol. The van der Waals surface area contributed by atoms with Crippen molar-refractivity contribution in [1.82, 2.24) is 5.32 Å². The van der Waals surface area contributed by atoms with Crippen LogP contribution in [0.3, 0.4) is 0 Å². The number of aliphatic imine (C=N–C) groups is 1. The maximum absolute atomic E-state index is 5.68. The van der Waals surface area contributed by atoms with E-state index in [4.69, 9.17) is 10.5 Å². The maximum atomic E-state index is 5.68. The molecule has 0 radical (unpaired) electrons. The molecule has 12 heavy (non-hydrogen) atoms. The van der Waals surface area contributed by atoms with Crippen LogP contribution < -0.4 is 11.1 Å². The molecule has 2 atom stereocenters. The predicted octanol–water partition coefficient (Wildman–Crippen LogP) is 0.190. The summed E-state index contributed by atoms with van der Waals surface area (Å²) in [4.78, 5) is 4.30. The molecule has 4 heteroatoms. The van der Waals surface area contributed by atoms with Gasteiger partial charge in [-0.25, -0.2) is 4.99 Å². The molecule has 4 nitrogen and oxygen atoms in total. The summed E-state index contributed by atoms with van der Waals surface area (Å²) < 4.78 is 5.68. The standard InChI is InChI=1S/C8H15N3O/c1-2-12-8-5-3-4-6(8)10-7(9)11-8/h6H,2-5H2,1H3,(H3,9,10,11)/t6-,8-/m1/s1. The zero-order valence-corrected chi connectivity index (χ0v) is 7.34. The van der Waals surface area contributed by atoms with Gasteiger partial charge in [0.1, 0.15) is 6.04 Å². The molecule has 2 rings (SSSR count). The molecule has 1 heterocycles. The third kappa shape index (κ3) is 0.982. The number of nitrogens with zero attached hydrogens (tertiary/aromatic N) is 1. The summed E-state index contributed by atoms with van der Waals surface area (Å²) in [7, 11) is 0. The molecule has 1 aliphatic heterocycles. The molecule has 1 saturated carbocycles. The van der Waals surface area contributed by atoms with Gasteiger partial charge >= 0.3 is 0 Å². The topological polar surface area (TPSA) is 59.6 Å². The van der Waals surface area contributed by atoms with Gasteiger partial charge in [-0.3, -0.25) is 0 Å². The van der Waals surface area contributed by atoms with Gasteiger partial charge in [-0.2, -0.15) is 0 Å². The molecule has 2 aliphatic rings. The Morgan fingerprint density at radius 2 is 2.67 bits per heavy atom. The lowest BCUT2D eigenvalue weighted by Gasteiger charge is -2.28. The zero-order valence-electron chi connectivity index (χ0n) is 7.34. The highest BCUT2D eigenvalue weighted by atomic mass is 16.5. The Hall–Kier alpha value is -0.770. The quantitative estimate of drug-likeness (QED) is 0.620. The van der Waals surface area contributed by atoms with Crippen LogP contribution in [0.25, 0.3) is 0 Å². The molecule has 0 bridgehead atoms. The Balaban J connectivity index is 2.14. The number of nitrogens with one attached hydrogen (secondary N) is 1. The summed E-state index contributed by atoms with van der Waals surface area (Å²) in [5, 5.41) is 3.14. The summed E-state index contributed by atoms with van der Waals surface area (Å²) in [5.41, 5.74) is 5.35. The fourth-order valence-electron chi connectivity index (χ4n) is 2.15. The highest BCUT2D eigenvalue weighted by Crippen LogP contribution is 2.36. The Morgan fingerprint density at radius 1 is 1.83 bits per heavy atom. The summed E-state index contributed by atoms with van der Waals surface area (Å²) in [6, 6.07) is 0.248. The zero-order chi connectivity index (χ0) is 8.60. The van der Waals surface area contributed by atoms with E-state index in [2.05, 4.69) is 10.3 Å². The van der Waals surface area contributed by atoms with E-state index in [9.17, 15) is 0 Å². The fourth-order valence-corrected chi connectivity index (χ4v) is 2.15. The van der Waals surface area contributed by atoms with E-state index in [1.165, 1.54) is 6.42 Å². The van der Waals surface area contributed by atoms with Gasteiger partial charge in [0.25, 0.3) is 0 Å². The largest absolute Gasteiger partial charge is 0.370 e. The van der Waals surface area contributed by atoms with Crippen LogP contribution in [0.4, 0.5) is 0 Å². The van der Waals surface area contributed by atoms with Crippen LogP contribution >= 0.6 is 0 Å². The average Bonchev–Trinajstić information content (AvgIpc) is 2.44. The molecule has 0 unspecified atom stereocenters. The molecule has 0 saturated heterocycles. The molecule has 0 spiro atoms. The van der Waals surface area contributed by atoms with E-state index < -0.39 is 0 Å². The van der Waals surface area contributed by atoms with E-state index in [0.29, 0.717) is 12.6 Å². The van der Waals surface area contributed by atoms with E-state index in [1.54, 1.807) is 0 Å². The van der Waals surface area contributed by atoms with Crippen molar-refractivity contribution in [2.45, 2.75) is 38.0 Å². The van der Waals surface area contributed by atoms with Crippen LogP contribution in [-0.4, -0.2) is 24.3 Å². The molecular weight excluding hydrogens is 154 g/mol. The number of fused-ring (bicyclic) bond motifs is 1. The Morgan fingerprint density at radius 3 is 3.42 bits per heavy atom. The highest BCUT2D eigenvalue weighted by molar-refractivity contribution is 5.81. The third-order valence-electron chi connectivity index (χ3n) is 2.60. The molecule has 0 aromatic carbocycles. The molecule has 1 fully saturated rings. The second-order valence-corrected chi connectivity index (χ2v) is 3.37. The first-order chi connectivity index (χ1) is 5.77. The van der Waals surface area contributed by atoms with Crippen molar-refractivity contribution >= 4 is 5.96 Å². The van der Waals surface area contributed by atoms with Gasteiger partial charge in [-0.1, -0.05) is 0 Å². The molecular formula is C8H15N3O. The summed E-state index contributed by atoms with van der Waals surface area (Å²) in [6.45, 7) is 2.71. The van der Waals surface area contributed by atoms with Gasteiger partial charge in [0, 0.05) is 6.61 Å². The molecule has 0 aromatic rings. The lowest BCUT2D eigenvalue weighted by atomic mass is 10.1. The first-order valence-electron chi connectivity index (χ1n) is 4.52.